The maximum absolute atomic E-state index is 12.8. The van der Waals surface area contributed by atoms with Gasteiger partial charge in [-0.25, -0.2) is 8.42 Å². The number of hydrogen-bond acceptors (Lipinski definition) is 3. The summed E-state index contributed by atoms with van der Waals surface area (Å²) < 4.78 is 27.3. The Morgan fingerprint density at radius 2 is 2.16 bits per heavy atom. The molecule has 1 aromatic carbocycles. The molecule has 3 rings (SSSR count). The summed E-state index contributed by atoms with van der Waals surface area (Å²) in [5.41, 5.74) is 1.95. The molecule has 0 aromatic heterocycles. The van der Waals surface area contributed by atoms with Gasteiger partial charge in [0, 0.05) is 24.8 Å². The molecule has 2 aliphatic rings. The molecule has 19 heavy (non-hydrogen) atoms. The lowest BCUT2D eigenvalue weighted by molar-refractivity contribution is 0.407. The highest BCUT2D eigenvalue weighted by Crippen LogP contribution is 2.33. The molecule has 1 aromatic rings. The average molecular weight is 280 g/mol. The first-order chi connectivity index (χ1) is 9.10. The number of benzene rings is 1. The molecule has 0 amide bonds. The number of rotatable bonds is 2. The van der Waals surface area contributed by atoms with Crippen LogP contribution in [0.15, 0.2) is 23.1 Å². The van der Waals surface area contributed by atoms with E-state index in [1.54, 1.807) is 10.4 Å². The van der Waals surface area contributed by atoms with Crippen molar-refractivity contribution in [2.24, 2.45) is 0 Å². The number of nitrogens with one attached hydrogen (secondary N) is 1. The number of anilines is 1. The van der Waals surface area contributed by atoms with Crippen molar-refractivity contribution < 1.29 is 8.42 Å². The lowest BCUT2D eigenvalue weighted by atomic mass is 10.0. The van der Waals surface area contributed by atoms with Crippen LogP contribution in [0, 0.1) is 0 Å². The number of hydrogen-bond donors (Lipinski definition) is 1. The van der Waals surface area contributed by atoms with Crippen LogP contribution in [0.5, 0.6) is 0 Å². The Morgan fingerprint density at radius 1 is 1.32 bits per heavy atom. The van der Waals surface area contributed by atoms with Crippen LogP contribution >= 0.6 is 0 Å². The van der Waals surface area contributed by atoms with Crippen LogP contribution in [-0.4, -0.2) is 31.9 Å². The summed E-state index contributed by atoms with van der Waals surface area (Å²) in [4.78, 5) is 0.506. The Kier molecular flexibility index (Phi) is 3.27. The van der Waals surface area contributed by atoms with E-state index in [0.717, 1.165) is 43.5 Å². The molecule has 0 saturated carbocycles. The van der Waals surface area contributed by atoms with Crippen LogP contribution < -0.4 is 5.32 Å². The predicted octanol–water partition coefficient (Wildman–Crippen LogP) is 2.22. The van der Waals surface area contributed by atoms with Gasteiger partial charge in [0.25, 0.3) is 0 Å². The molecule has 1 fully saturated rings. The summed E-state index contributed by atoms with van der Waals surface area (Å²) in [6.45, 7) is 3.58. The number of nitrogens with zero attached hydrogens (tertiary/aromatic N) is 1. The minimum Gasteiger partial charge on any atom is -0.385 e. The van der Waals surface area contributed by atoms with Gasteiger partial charge in [-0.1, -0.05) is 6.07 Å². The van der Waals surface area contributed by atoms with Crippen molar-refractivity contribution in [1.29, 1.82) is 0 Å². The van der Waals surface area contributed by atoms with Gasteiger partial charge in [0.05, 0.1) is 4.90 Å². The van der Waals surface area contributed by atoms with E-state index in [-0.39, 0.29) is 6.04 Å². The average Bonchev–Trinajstić information content (AvgIpc) is 2.85. The molecule has 0 aliphatic carbocycles. The highest BCUT2D eigenvalue weighted by Gasteiger charge is 2.34. The first-order valence-electron chi connectivity index (χ1n) is 6.98. The van der Waals surface area contributed by atoms with Crippen LogP contribution in [0.25, 0.3) is 0 Å². The quantitative estimate of drug-likeness (QED) is 0.903. The SMILES string of the molecule is CC1CCCN1S(=O)(=O)c1cccc2c1CCCN2. The minimum absolute atomic E-state index is 0.123. The molecule has 0 spiro atoms. The second-order valence-corrected chi connectivity index (χ2v) is 7.28. The summed E-state index contributed by atoms with van der Waals surface area (Å²) in [6, 6.07) is 5.69. The van der Waals surface area contributed by atoms with Gasteiger partial charge < -0.3 is 5.32 Å². The molecule has 1 saturated heterocycles. The van der Waals surface area contributed by atoms with Gasteiger partial charge in [-0.15, -0.1) is 0 Å². The van der Waals surface area contributed by atoms with E-state index in [4.69, 9.17) is 0 Å². The fraction of sp³-hybridized carbons (Fsp3) is 0.571. The van der Waals surface area contributed by atoms with Crippen LogP contribution in [0.2, 0.25) is 0 Å². The van der Waals surface area contributed by atoms with E-state index < -0.39 is 10.0 Å². The first-order valence-corrected chi connectivity index (χ1v) is 8.42. The summed E-state index contributed by atoms with van der Waals surface area (Å²) in [6.07, 6.45) is 3.77. The van der Waals surface area contributed by atoms with Crippen LogP contribution in [-0.2, 0) is 16.4 Å². The van der Waals surface area contributed by atoms with E-state index in [0.29, 0.717) is 11.4 Å². The standard InChI is InChI=1S/C14H20N2O2S/c1-11-5-4-10-16(11)19(17,18)14-8-2-7-13-12(14)6-3-9-15-13/h2,7-8,11,15H,3-6,9-10H2,1H3. The molecule has 4 nitrogen and oxygen atoms in total. The third-order valence-corrected chi connectivity index (χ3v) is 6.23. The lowest BCUT2D eigenvalue weighted by Gasteiger charge is -2.25. The molecule has 1 N–H and O–H groups in total. The molecular formula is C14H20N2O2S. The van der Waals surface area contributed by atoms with E-state index in [9.17, 15) is 8.42 Å². The molecule has 5 heteroatoms. The molecule has 2 heterocycles. The largest absolute Gasteiger partial charge is 0.385 e. The Hall–Kier alpha value is -1.07. The summed E-state index contributed by atoms with van der Waals surface area (Å²) in [5.74, 6) is 0. The van der Waals surface area contributed by atoms with Gasteiger partial charge in [-0.05, 0) is 50.3 Å². The zero-order chi connectivity index (χ0) is 13.5. The van der Waals surface area contributed by atoms with Gasteiger partial charge in [-0.2, -0.15) is 4.31 Å². The maximum Gasteiger partial charge on any atom is 0.243 e. The molecule has 0 bridgehead atoms. The number of sulfonamides is 1. The van der Waals surface area contributed by atoms with Gasteiger partial charge in [-0.3, -0.25) is 0 Å². The topological polar surface area (TPSA) is 49.4 Å². The van der Waals surface area contributed by atoms with Crippen molar-refractivity contribution >= 4 is 15.7 Å². The Balaban J connectivity index is 2.06. The second-order valence-electron chi connectivity index (χ2n) is 5.42. The van der Waals surface area contributed by atoms with Crippen molar-refractivity contribution in [1.82, 2.24) is 4.31 Å². The minimum atomic E-state index is -3.34. The van der Waals surface area contributed by atoms with Gasteiger partial charge in [0.1, 0.15) is 0 Å². The summed E-state index contributed by atoms with van der Waals surface area (Å²) >= 11 is 0. The zero-order valence-corrected chi connectivity index (χ0v) is 12.0. The lowest BCUT2D eigenvalue weighted by Crippen LogP contribution is -2.34. The van der Waals surface area contributed by atoms with Crippen molar-refractivity contribution in [3.05, 3.63) is 23.8 Å². The van der Waals surface area contributed by atoms with E-state index in [2.05, 4.69) is 5.32 Å². The number of fused-ring (bicyclic) bond motifs is 1. The Morgan fingerprint density at radius 3 is 2.89 bits per heavy atom. The molecule has 2 aliphatic heterocycles. The third-order valence-electron chi connectivity index (χ3n) is 4.13. The third kappa shape index (κ3) is 2.15. The molecule has 0 radical (unpaired) electrons. The van der Waals surface area contributed by atoms with Gasteiger partial charge in [0.2, 0.25) is 10.0 Å². The molecule has 1 atom stereocenters. The van der Waals surface area contributed by atoms with Crippen molar-refractivity contribution in [2.75, 3.05) is 18.4 Å². The van der Waals surface area contributed by atoms with E-state index in [1.807, 2.05) is 19.1 Å². The van der Waals surface area contributed by atoms with E-state index >= 15 is 0 Å². The highest BCUT2D eigenvalue weighted by molar-refractivity contribution is 7.89. The van der Waals surface area contributed by atoms with E-state index in [1.165, 1.54) is 0 Å². The van der Waals surface area contributed by atoms with Crippen LogP contribution in [0.4, 0.5) is 5.69 Å². The predicted molar refractivity (Wildman–Crippen MR) is 75.8 cm³/mol. The van der Waals surface area contributed by atoms with Crippen molar-refractivity contribution in [2.45, 2.75) is 43.5 Å². The Labute approximate surface area is 114 Å². The molecule has 104 valence electrons. The summed E-state index contributed by atoms with van der Waals surface area (Å²) in [5, 5.41) is 3.29. The highest BCUT2D eigenvalue weighted by atomic mass is 32.2. The van der Waals surface area contributed by atoms with Crippen LogP contribution in [0.3, 0.4) is 0 Å². The van der Waals surface area contributed by atoms with Crippen molar-refractivity contribution in [3.63, 3.8) is 0 Å². The Bertz CT molecular complexity index is 583. The normalized spacial score (nSPS) is 23.9. The van der Waals surface area contributed by atoms with Crippen LogP contribution in [0.1, 0.15) is 31.7 Å². The monoisotopic (exact) mass is 280 g/mol. The molecule has 1 unspecified atom stereocenters. The fourth-order valence-corrected chi connectivity index (χ4v) is 5.08. The second kappa shape index (κ2) is 4.80. The summed E-state index contributed by atoms with van der Waals surface area (Å²) in [7, 11) is -3.34. The van der Waals surface area contributed by atoms with Crippen molar-refractivity contribution in [3.8, 4) is 0 Å². The maximum atomic E-state index is 12.8. The zero-order valence-electron chi connectivity index (χ0n) is 11.2. The van der Waals surface area contributed by atoms with Gasteiger partial charge in [0.15, 0.2) is 0 Å². The molecular weight excluding hydrogens is 260 g/mol. The van der Waals surface area contributed by atoms with Gasteiger partial charge >= 0.3 is 0 Å². The first kappa shape index (κ1) is 12.9. The fourth-order valence-electron chi connectivity index (χ4n) is 3.11. The smallest absolute Gasteiger partial charge is 0.243 e.